The number of aryl methyl sites for hydroxylation is 2. The molecule has 5 heteroatoms. The van der Waals surface area contributed by atoms with Gasteiger partial charge in [0.1, 0.15) is 0 Å². The van der Waals surface area contributed by atoms with Crippen LogP contribution in [0.5, 0.6) is 0 Å². The van der Waals surface area contributed by atoms with E-state index in [2.05, 4.69) is 15.3 Å². The van der Waals surface area contributed by atoms with Crippen LogP contribution in [0.1, 0.15) is 21.6 Å². The van der Waals surface area contributed by atoms with Crippen LogP contribution in [0.2, 0.25) is 0 Å². The molecule has 0 amide bonds. The molecule has 0 aliphatic heterocycles. The number of carboxylic acid groups (broad SMARTS) is 1. The van der Waals surface area contributed by atoms with Crippen LogP contribution < -0.4 is 5.32 Å². The van der Waals surface area contributed by atoms with Gasteiger partial charge in [-0.25, -0.2) is 14.8 Å². The van der Waals surface area contributed by atoms with Gasteiger partial charge in [0.15, 0.2) is 0 Å². The van der Waals surface area contributed by atoms with Crippen molar-refractivity contribution in [2.75, 3.05) is 5.32 Å². The molecule has 0 radical (unpaired) electrons. The third-order valence-electron chi connectivity index (χ3n) is 2.60. The van der Waals surface area contributed by atoms with Gasteiger partial charge in [0.25, 0.3) is 0 Å². The molecule has 2 aromatic rings. The number of aromatic carboxylic acids is 1. The summed E-state index contributed by atoms with van der Waals surface area (Å²) in [5.41, 5.74) is 2.53. The lowest BCUT2D eigenvalue weighted by atomic mass is 10.2. The van der Waals surface area contributed by atoms with Crippen molar-refractivity contribution in [2.24, 2.45) is 0 Å². The second-order valence-electron chi connectivity index (χ2n) is 3.94. The molecule has 0 spiro atoms. The first-order chi connectivity index (χ1) is 8.58. The first-order valence-electron chi connectivity index (χ1n) is 5.47. The maximum absolute atomic E-state index is 10.8. The first-order valence-corrected chi connectivity index (χ1v) is 5.47. The molecule has 1 aromatic carbocycles. The number of nitrogens with zero attached hydrogens (tertiary/aromatic N) is 2. The van der Waals surface area contributed by atoms with E-state index in [-0.39, 0.29) is 5.56 Å². The van der Waals surface area contributed by atoms with E-state index in [9.17, 15) is 4.79 Å². The van der Waals surface area contributed by atoms with E-state index in [4.69, 9.17) is 5.11 Å². The predicted octanol–water partition coefficient (Wildman–Crippen LogP) is 2.54. The number of para-hydroxylation sites is 1. The maximum Gasteiger partial charge on any atom is 0.339 e. The SMILES string of the molecule is Cc1ccccc1Nc1ncc(C(=O)O)c(C)n1. The van der Waals surface area contributed by atoms with Crippen LogP contribution in [0.4, 0.5) is 11.6 Å². The topological polar surface area (TPSA) is 75.1 Å². The molecule has 2 rings (SSSR count). The standard InChI is InChI=1S/C13H13N3O2/c1-8-5-3-4-6-11(8)16-13-14-7-10(12(17)18)9(2)15-13/h3-7H,1-2H3,(H,17,18)(H,14,15,16). The number of aromatic nitrogens is 2. The fraction of sp³-hybridized carbons (Fsp3) is 0.154. The fourth-order valence-corrected chi connectivity index (χ4v) is 1.57. The van der Waals surface area contributed by atoms with Gasteiger partial charge in [-0.3, -0.25) is 0 Å². The Hall–Kier alpha value is -2.43. The third-order valence-corrected chi connectivity index (χ3v) is 2.60. The van der Waals surface area contributed by atoms with Crippen molar-refractivity contribution >= 4 is 17.6 Å². The van der Waals surface area contributed by atoms with Crippen molar-refractivity contribution in [3.8, 4) is 0 Å². The number of carboxylic acids is 1. The number of rotatable bonds is 3. The van der Waals surface area contributed by atoms with Crippen LogP contribution in [-0.2, 0) is 0 Å². The lowest BCUT2D eigenvalue weighted by Crippen LogP contribution is -2.06. The normalized spacial score (nSPS) is 10.1. The lowest BCUT2D eigenvalue weighted by Gasteiger charge is -2.08. The number of benzene rings is 1. The summed E-state index contributed by atoms with van der Waals surface area (Å²) >= 11 is 0. The molecule has 0 atom stereocenters. The quantitative estimate of drug-likeness (QED) is 0.866. The highest BCUT2D eigenvalue weighted by Gasteiger charge is 2.10. The average molecular weight is 243 g/mol. The summed E-state index contributed by atoms with van der Waals surface area (Å²) in [6, 6.07) is 7.74. The Balaban J connectivity index is 2.29. The van der Waals surface area contributed by atoms with E-state index in [0.29, 0.717) is 11.6 Å². The molecule has 0 aliphatic rings. The summed E-state index contributed by atoms with van der Waals surface area (Å²) in [5, 5.41) is 12.0. The van der Waals surface area contributed by atoms with Crippen molar-refractivity contribution in [1.29, 1.82) is 0 Å². The van der Waals surface area contributed by atoms with Crippen LogP contribution in [0, 0.1) is 13.8 Å². The summed E-state index contributed by atoms with van der Waals surface area (Å²) in [7, 11) is 0. The minimum Gasteiger partial charge on any atom is -0.478 e. The van der Waals surface area contributed by atoms with E-state index in [1.807, 2.05) is 31.2 Å². The summed E-state index contributed by atoms with van der Waals surface area (Å²) in [6.45, 7) is 3.62. The molecular weight excluding hydrogens is 230 g/mol. The van der Waals surface area contributed by atoms with Crippen molar-refractivity contribution in [3.63, 3.8) is 0 Å². The van der Waals surface area contributed by atoms with Crippen molar-refractivity contribution < 1.29 is 9.90 Å². The molecule has 0 bridgehead atoms. The Bertz CT molecular complexity index is 597. The maximum atomic E-state index is 10.8. The molecule has 1 heterocycles. The molecule has 18 heavy (non-hydrogen) atoms. The minimum atomic E-state index is -1.02. The van der Waals surface area contributed by atoms with Gasteiger partial charge >= 0.3 is 5.97 Å². The molecule has 5 nitrogen and oxygen atoms in total. The van der Waals surface area contributed by atoms with Gasteiger partial charge in [-0.05, 0) is 25.5 Å². The summed E-state index contributed by atoms with van der Waals surface area (Å²) in [4.78, 5) is 19.0. The summed E-state index contributed by atoms with van der Waals surface area (Å²) < 4.78 is 0. The van der Waals surface area contributed by atoms with E-state index in [1.165, 1.54) is 6.20 Å². The molecule has 92 valence electrons. The number of nitrogens with one attached hydrogen (secondary N) is 1. The molecule has 1 aromatic heterocycles. The van der Waals surface area contributed by atoms with Crippen LogP contribution in [-0.4, -0.2) is 21.0 Å². The van der Waals surface area contributed by atoms with Gasteiger partial charge in [-0.1, -0.05) is 18.2 Å². The molecular formula is C13H13N3O2. The zero-order valence-corrected chi connectivity index (χ0v) is 10.1. The number of carbonyl (C=O) groups is 1. The predicted molar refractivity (Wildman–Crippen MR) is 68.2 cm³/mol. The van der Waals surface area contributed by atoms with E-state index in [0.717, 1.165) is 11.3 Å². The van der Waals surface area contributed by atoms with E-state index < -0.39 is 5.97 Å². The second-order valence-corrected chi connectivity index (χ2v) is 3.94. The Morgan fingerprint density at radius 1 is 1.28 bits per heavy atom. The van der Waals surface area contributed by atoms with Crippen molar-refractivity contribution in [2.45, 2.75) is 13.8 Å². The van der Waals surface area contributed by atoms with Gasteiger partial charge in [-0.15, -0.1) is 0 Å². The Kier molecular flexibility index (Phi) is 3.23. The minimum absolute atomic E-state index is 0.116. The van der Waals surface area contributed by atoms with Crippen LogP contribution in [0.25, 0.3) is 0 Å². The van der Waals surface area contributed by atoms with Crippen molar-refractivity contribution in [3.05, 3.63) is 47.3 Å². The van der Waals surface area contributed by atoms with E-state index in [1.54, 1.807) is 6.92 Å². The van der Waals surface area contributed by atoms with Gasteiger partial charge in [0.05, 0.1) is 11.3 Å². The van der Waals surface area contributed by atoms with Crippen LogP contribution in [0.3, 0.4) is 0 Å². The highest BCUT2D eigenvalue weighted by atomic mass is 16.4. The van der Waals surface area contributed by atoms with Crippen LogP contribution in [0.15, 0.2) is 30.5 Å². The Morgan fingerprint density at radius 3 is 2.61 bits per heavy atom. The lowest BCUT2D eigenvalue weighted by molar-refractivity contribution is 0.0695. The summed E-state index contributed by atoms with van der Waals surface area (Å²) in [6.07, 6.45) is 1.31. The number of anilines is 2. The van der Waals surface area contributed by atoms with Crippen LogP contribution >= 0.6 is 0 Å². The van der Waals surface area contributed by atoms with Gasteiger partial charge in [-0.2, -0.15) is 0 Å². The molecule has 2 N–H and O–H groups in total. The van der Waals surface area contributed by atoms with Gasteiger partial charge in [0.2, 0.25) is 5.95 Å². The third kappa shape index (κ3) is 2.45. The first kappa shape index (κ1) is 12.0. The molecule has 0 saturated carbocycles. The molecule has 0 fully saturated rings. The highest BCUT2D eigenvalue weighted by molar-refractivity contribution is 5.88. The van der Waals surface area contributed by atoms with Gasteiger partial charge in [0, 0.05) is 11.9 Å². The smallest absolute Gasteiger partial charge is 0.339 e. The molecule has 0 unspecified atom stereocenters. The monoisotopic (exact) mass is 243 g/mol. The zero-order chi connectivity index (χ0) is 13.1. The number of hydrogen-bond donors (Lipinski definition) is 2. The molecule has 0 saturated heterocycles. The number of hydrogen-bond acceptors (Lipinski definition) is 4. The molecule has 0 aliphatic carbocycles. The Morgan fingerprint density at radius 2 is 2.00 bits per heavy atom. The Labute approximate surface area is 105 Å². The highest BCUT2D eigenvalue weighted by Crippen LogP contribution is 2.17. The van der Waals surface area contributed by atoms with Crippen molar-refractivity contribution in [1.82, 2.24) is 9.97 Å². The second kappa shape index (κ2) is 4.83. The average Bonchev–Trinajstić information content (AvgIpc) is 2.32. The summed E-state index contributed by atoms with van der Waals surface area (Å²) in [5.74, 6) is -0.623. The fourth-order valence-electron chi connectivity index (χ4n) is 1.57. The largest absolute Gasteiger partial charge is 0.478 e. The zero-order valence-electron chi connectivity index (χ0n) is 10.1. The van der Waals surface area contributed by atoms with E-state index >= 15 is 0 Å². The van der Waals surface area contributed by atoms with Gasteiger partial charge < -0.3 is 10.4 Å².